The Hall–Kier alpha value is -3.29. The highest BCUT2D eigenvalue weighted by molar-refractivity contribution is 6.32. The third-order valence-corrected chi connectivity index (χ3v) is 4.56. The third kappa shape index (κ3) is 6.34. The Kier molecular flexibility index (Phi) is 8.09. The number of fused-ring (bicyclic) bond motifs is 3. The Morgan fingerprint density at radius 2 is 2.03 bits per heavy atom. The summed E-state index contributed by atoms with van der Waals surface area (Å²) in [6.07, 6.45) is 4.30. The van der Waals surface area contributed by atoms with Gasteiger partial charge in [-0.25, -0.2) is 9.78 Å². The number of anilines is 2. The van der Waals surface area contributed by atoms with Crippen molar-refractivity contribution in [1.82, 2.24) is 9.97 Å². The molecular weight excluding hydrogens is 424 g/mol. The van der Waals surface area contributed by atoms with Crippen LogP contribution in [0, 0.1) is 11.3 Å². The van der Waals surface area contributed by atoms with E-state index in [0.29, 0.717) is 55.0 Å². The lowest BCUT2D eigenvalue weighted by molar-refractivity contribution is 0.261. The minimum absolute atomic E-state index is 0.0536. The molecule has 3 rings (SSSR count). The normalized spacial score (nSPS) is 14.3. The number of hydrogen-bond acceptors (Lipinski definition) is 8. The van der Waals surface area contributed by atoms with Crippen LogP contribution in [0.5, 0.6) is 17.4 Å². The van der Waals surface area contributed by atoms with Crippen molar-refractivity contribution < 1.29 is 19.0 Å². The minimum Gasteiger partial charge on any atom is -0.492 e. The predicted octanol–water partition coefficient (Wildman–Crippen LogP) is 3.31. The third-order valence-electron chi connectivity index (χ3n) is 4.26. The summed E-state index contributed by atoms with van der Waals surface area (Å²) in [6.45, 7) is 1.72. The zero-order valence-electron chi connectivity index (χ0n) is 16.8. The van der Waals surface area contributed by atoms with E-state index in [4.69, 9.17) is 31.5 Å². The molecule has 1 aliphatic rings. The molecule has 0 radical (unpaired) electrons. The number of rotatable bonds is 4. The molecule has 0 fully saturated rings. The first-order valence-corrected chi connectivity index (χ1v) is 10.3. The van der Waals surface area contributed by atoms with Gasteiger partial charge in [-0.15, -0.1) is 0 Å². The lowest BCUT2D eigenvalue weighted by Crippen LogP contribution is -2.21. The van der Waals surface area contributed by atoms with Gasteiger partial charge in [0.1, 0.15) is 17.6 Å². The molecule has 0 atom stereocenters. The van der Waals surface area contributed by atoms with Crippen molar-refractivity contribution in [2.75, 3.05) is 37.0 Å². The number of halogens is 1. The number of carbonyl (C=O) groups is 1. The first kappa shape index (κ1) is 22.4. The van der Waals surface area contributed by atoms with Crippen molar-refractivity contribution in [2.45, 2.75) is 25.7 Å². The standard InChI is InChI=1S/C20H23ClN6O4/c21-13-9-14-17(10-16(13)29-8-4-5-22)30-6-2-1-3-7-31-19-15(11-23)24-12-18(26-19)27-20(28)25-14/h9-10,12H,1-8,22H2,(H2,25,26,27,28). The molecule has 0 aliphatic carbocycles. The smallest absolute Gasteiger partial charge is 0.325 e. The Bertz CT molecular complexity index is 965. The van der Waals surface area contributed by atoms with Gasteiger partial charge in [0.2, 0.25) is 5.69 Å². The molecule has 0 saturated carbocycles. The molecule has 1 aromatic heterocycles. The molecule has 11 heteroatoms. The van der Waals surface area contributed by atoms with Gasteiger partial charge >= 0.3 is 6.03 Å². The van der Waals surface area contributed by atoms with Crippen molar-refractivity contribution in [1.29, 1.82) is 5.26 Å². The Morgan fingerprint density at radius 3 is 2.81 bits per heavy atom. The topological polar surface area (TPSA) is 144 Å². The van der Waals surface area contributed by atoms with Gasteiger partial charge < -0.3 is 25.3 Å². The number of amides is 2. The fourth-order valence-electron chi connectivity index (χ4n) is 2.74. The van der Waals surface area contributed by atoms with E-state index in [1.165, 1.54) is 6.20 Å². The predicted molar refractivity (Wildman–Crippen MR) is 115 cm³/mol. The van der Waals surface area contributed by atoms with E-state index in [1.807, 2.05) is 6.07 Å². The molecule has 2 amide bonds. The highest BCUT2D eigenvalue weighted by atomic mass is 35.5. The number of nitrogens with zero attached hydrogens (tertiary/aromatic N) is 3. The van der Waals surface area contributed by atoms with Gasteiger partial charge in [-0.3, -0.25) is 5.32 Å². The van der Waals surface area contributed by atoms with Gasteiger partial charge in [-0.2, -0.15) is 10.2 Å². The molecule has 0 unspecified atom stereocenters. The van der Waals surface area contributed by atoms with E-state index in [1.54, 1.807) is 12.1 Å². The van der Waals surface area contributed by atoms with E-state index < -0.39 is 6.03 Å². The van der Waals surface area contributed by atoms with E-state index in [0.717, 1.165) is 19.3 Å². The molecular formula is C20H23ClN6O4. The Morgan fingerprint density at radius 1 is 1.23 bits per heavy atom. The maximum Gasteiger partial charge on any atom is 0.325 e. The van der Waals surface area contributed by atoms with Gasteiger partial charge in [0.25, 0.3) is 5.88 Å². The van der Waals surface area contributed by atoms with Gasteiger partial charge in [0.15, 0.2) is 5.82 Å². The van der Waals surface area contributed by atoms with Gasteiger partial charge in [0.05, 0.1) is 36.7 Å². The lowest BCUT2D eigenvalue weighted by Gasteiger charge is -2.16. The number of urea groups is 1. The maximum atomic E-state index is 12.5. The molecule has 0 spiro atoms. The van der Waals surface area contributed by atoms with Crippen LogP contribution in [-0.2, 0) is 0 Å². The van der Waals surface area contributed by atoms with Crippen molar-refractivity contribution in [3.05, 3.63) is 29.0 Å². The summed E-state index contributed by atoms with van der Waals surface area (Å²) in [5.74, 6) is 1.09. The first-order valence-electron chi connectivity index (χ1n) is 9.88. The van der Waals surface area contributed by atoms with Crippen molar-refractivity contribution in [3.8, 4) is 23.4 Å². The highest BCUT2D eigenvalue weighted by Gasteiger charge is 2.16. The summed E-state index contributed by atoms with van der Waals surface area (Å²) in [5.41, 5.74) is 5.93. The van der Waals surface area contributed by atoms with E-state index in [9.17, 15) is 10.1 Å². The summed E-state index contributed by atoms with van der Waals surface area (Å²) >= 11 is 6.32. The molecule has 164 valence electrons. The quantitative estimate of drug-likeness (QED) is 0.606. The summed E-state index contributed by atoms with van der Waals surface area (Å²) in [6, 6.07) is 4.55. The number of aromatic nitrogens is 2. The summed E-state index contributed by atoms with van der Waals surface area (Å²) in [4.78, 5) is 20.7. The zero-order chi connectivity index (χ0) is 22.1. The van der Waals surface area contributed by atoms with E-state index in [-0.39, 0.29) is 17.4 Å². The van der Waals surface area contributed by atoms with E-state index >= 15 is 0 Å². The summed E-state index contributed by atoms with van der Waals surface area (Å²) < 4.78 is 17.1. The monoisotopic (exact) mass is 446 g/mol. The average molecular weight is 447 g/mol. The van der Waals surface area contributed by atoms with Crippen LogP contribution in [-0.4, -0.2) is 42.4 Å². The molecule has 1 aliphatic heterocycles. The Labute approximate surface area is 184 Å². The largest absolute Gasteiger partial charge is 0.492 e. The van der Waals surface area contributed by atoms with Gasteiger partial charge in [0, 0.05) is 6.07 Å². The van der Waals surface area contributed by atoms with Crippen LogP contribution in [0.4, 0.5) is 16.3 Å². The minimum atomic E-state index is -0.586. The van der Waals surface area contributed by atoms with Crippen LogP contribution < -0.4 is 30.6 Å². The second kappa shape index (κ2) is 11.2. The summed E-state index contributed by atoms with van der Waals surface area (Å²) in [5, 5.41) is 14.8. The van der Waals surface area contributed by atoms with Crippen LogP contribution >= 0.6 is 11.6 Å². The highest BCUT2D eigenvalue weighted by Crippen LogP contribution is 2.36. The number of nitriles is 1. The molecule has 31 heavy (non-hydrogen) atoms. The second-order valence-electron chi connectivity index (χ2n) is 6.63. The number of nitrogens with two attached hydrogens (primary N) is 1. The molecule has 1 aromatic carbocycles. The number of nitrogens with one attached hydrogen (secondary N) is 2. The number of benzene rings is 1. The van der Waals surface area contributed by atoms with Crippen molar-refractivity contribution in [2.24, 2.45) is 5.73 Å². The molecule has 0 saturated heterocycles. The SMILES string of the molecule is N#Cc1ncc2nc1OCCCCCOc1cc(OCCCN)c(Cl)cc1NC(=O)N2. The lowest BCUT2D eigenvalue weighted by atomic mass is 10.2. The molecule has 4 N–H and O–H groups in total. The molecule has 2 bridgehead atoms. The maximum absolute atomic E-state index is 12.5. The van der Waals surface area contributed by atoms with Crippen LogP contribution in [0.15, 0.2) is 18.3 Å². The van der Waals surface area contributed by atoms with Crippen LogP contribution in [0.3, 0.4) is 0 Å². The first-order chi connectivity index (χ1) is 15.1. The summed E-state index contributed by atoms with van der Waals surface area (Å²) in [7, 11) is 0. The van der Waals surface area contributed by atoms with Gasteiger partial charge in [-0.05, 0) is 38.3 Å². The Balaban J connectivity index is 1.85. The zero-order valence-corrected chi connectivity index (χ0v) is 17.6. The van der Waals surface area contributed by atoms with Crippen molar-refractivity contribution in [3.63, 3.8) is 0 Å². The fourth-order valence-corrected chi connectivity index (χ4v) is 2.96. The average Bonchev–Trinajstić information content (AvgIpc) is 2.75. The van der Waals surface area contributed by atoms with Crippen LogP contribution in [0.25, 0.3) is 0 Å². The fraction of sp³-hybridized carbons (Fsp3) is 0.400. The number of ether oxygens (including phenoxy) is 3. The van der Waals surface area contributed by atoms with Crippen LogP contribution in [0.1, 0.15) is 31.4 Å². The number of carbonyl (C=O) groups excluding carboxylic acids is 1. The molecule has 2 aromatic rings. The molecule has 2 heterocycles. The van der Waals surface area contributed by atoms with E-state index in [2.05, 4.69) is 20.6 Å². The van der Waals surface area contributed by atoms with Gasteiger partial charge in [-0.1, -0.05) is 11.6 Å². The number of hydrogen-bond donors (Lipinski definition) is 3. The van der Waals surface area contributed by atoms with Crippen LogP contribution in [0.2, 0.25) is 5.02 Å². The molecule has 10 nitrogen and oxygen atoms in total. The second-order valence-corrected chi connectivity index (χ2v) is 7.03. The van der Waals surface area contributed by atoms with Crippen molar-refractivity contribution >= 4 is 29.1 Å².